The fourth-order valence-electron chi connectivity index (χ4n) is 7.19. The second-order valence-corrected chi connectivity index (χ2v) is 14.0. The van der Waals surface area contributed by atoms with Crippen LogP contribution in [0.5, 0.6) is 0 Å². The van der Waals surface area contributed by atoms with Gasteiger partial charge in [0.25, 0.3) is 0 Å². The van der Waals surface area contributed by atoms with E-state index in [9.17, 15) is 19.5 Å². The van der Waals surface area contributed by atoms with Crippen LogP contribution in [-0.2, 0) is 32.0 Å². The Bertz CT molecular complexity index is 1210. The van der Waals surface area contributed by atoms with Crippen molar-refractivity contribution in [2.24, 2.45) is 23.7 Å². The molecule has 1 saturated carbocycles. The van der Waals surface area contributed by atoms with Gasteiger partial charge < -0.3 is 30.4 Å². The number of hydrogen-bond acceptors (Lipinski definition) is 6. The Kier molecular flexibility index (Phi) is 14.7. The predicted octanol–water partition coefficient (Wildman–Crippen LogP) is 4.43. The summed E-state index contributed by atoms with van der Waals surface area (Å²) in [6.45, 7) is 8.49. The largest absolute Gasteiger partial charge is 0.391 e. The van der Waals surface area contributed by atoms with E-state index in [1.54, 1.807) is 17.4 Å². The zero-order valence-electron chi connectivity index (χ0n) is 28.7. The maximum Gasteiger partial charge on any atom is 0.243 e. The molecule has 5 atom stereocenters. The van der Waals surface area contributed by atoms with Crippen LogP contribution in [0.4, 0.5) is 0 Å². The fraction of sp³-hybridized carbons (Fsp3) is 0.676. The van der Waals surface area contributed by atoms with Crippen molar-refractivity contribution < 1.29 is 24.2 Å². The van der Waals surface area contributed by atoms with Crippen molar-refractivity contribution >= 4 is 17.7 Å². The summed E-state index contributed by atoms with van der Waals surface area (Å²) in [7, 11) is 0. The highest BCUT2D eigenvalue weighted by Gasteiger charge is 2.33. The number of morpholine rings is 1. The van der Waals surface area contributed by atoms with Crippen LogP contribution < -0.4 is 10.6 Å². The topological polar surface area (TPSA) is 137 Å². The molecular weight excluding hydrogens is 594 g/mol. The van der Waals surface area contributed by atoms with Crippen LogP contribution in [0, 0.1) is 23.7 Å². The molecule has 10 heteroatoms. The first-order valence-electron chi connectivity index (χ1n) is 17.9. The summed E-state index contributed by atoms with van der Waals surface area (Å²) >= 11 is 0. The summed E-state index contributed by atoms with van der Waals surface area (Å²) in [5.74, 6) is -0.206. The van der Waals surface area contributed by atoms with Gasteiger partial charge in [-0.15, -0.1) is 0 Å². The van der Waals surface area contributed by atoms with Gasteiger partial charge in [-0.2, -0.15) is 0 Å². The molecule has 2 aliphatic rings. The minimum absolute atomic E-state index is 0.0375. The number of carbonyl (C=O) groups excluding carboxylic acids is 3. The van der Waals surface area contributed by atoms with E-state index < -0.39 is 24.1 Å². The average Bonchev–Trinajstić information content (AvgIpc) is 3.60. The number of carbonyl (C=O) groups is 3. The molecule has 0 bridgehead atoms. The first-order chi connectivity index (χ1) is 22.7. The molecule has 1 aliphatic heterocycles. The number of amides is 3. The summed E-state index contributed by atoms with van der Waals surface area (Å²) in [6, 6.07) is 8.34. The molecule has 47 heavy (non-hydrogen) atoms. The molecule has 2 aromatic rings. The zero-order valence-corrected chi connectivity index (χ0v) is 28.7. The monoisotopic (exact) mass is 651 g/mol. The lowest BCUT2D eigenvalue weighted by Crippen LogP contribution is -2.55. The van der Waals surface area contributed by atoms with Gasteiger partial charge in [-0.05, 0) is 42.6 Å². The molecule has 260 valence electrons. The maximum absolute atomic E-state index is 14.1. The van der Waals surface area contributed by atoms with E-state index in [0.717, 1.165) is 31.2 Å². The van der Waals surface area contributed by atoms with Crippen molar-refractivity contribution in [1.29, 1.82) is 0 Å². The number of ether oxygens (including phenoxy) is 1. The summed E-state index contributed by atoms with van der Waals surface area (Å²) in [5.41, 5.74) is 1.66. The van der Waals surface area contributed by atoms with E-state index in [2.05, 4.69) is 41.4 Å². The Morgan fingerprint density at radius 1 is 1.02 bits per heavy atom. The minimum Gasteiger partial charge on any atom is -0.391 e. The molecule has 1 saturated heterocycles. The number of aliphatic hydroxyl groups excluding tert-OH is 1. The van der Waals surface area contributed by atoms with Crippen molar-refractivity contribution in [3.63, 3.8) is 0 Å². The van der Waals surface area contributed by atoms with Crippen molar-refractivity contribution in [2.75, 3.05) is 26.3 Å². The molecule has 0 spiro atoms. The van der Waals surface area contributed by atoms with Gasteiger partial charge in [0.05, 0.1) is 37.6 Å². The first-order valence-corrected chi connectivity index (χ1v) is 17.9. The van der Waals surface area contributed by atoms with Crippen LogP contribution in [0.15, 0.2) is 42.9 Å². The van der Waals surface area contributed by atoms with Gasteiger partial charge in [0.1, 0.15) is 6.04 Å². The van der Waals surface area contributed by atoms with E-state index in [4.69, 9.17) is 4.74 Å². The summed E-state index contributed by atoms with van der Waals surface area (Å²) in [4.78, 5) is 50.4. The van der Waals surface area contributed by atoms with E-state index in [1.807, 2.05) is 30.3 Å². The van der Waals surface area contributed by atoms with Gasteiger partial charge in [0, 0.05) is 37.8 Å². The summed E-state index contributed by atoms with van der Waals surface area (Å²) in [6.07, 6.45) is 11.2. The molecule has 1 aliphatic carbocycles. The lowest BCUT2D eigenvalue weighted by Gasteiger charge is -2.33. The molecule has 4 N–H and O–H groups in total. The number of benzene rings is 1. The number of nitrogens with one attached hydrogen (secondary N) is 3. The van der Waals surface area contributed by atoms with Crippen LogP contribution in [0.1, 0.15) is 89.8 Å². The quantitative estimate of drug-likeness (QED) is 0.200. The van der Waals surface area contributed by atoms with E-state index in [0.29, 0.717) is 62.6 Å². The molecule has 1 aromatic heterocycles. The number of nitrogens with zero attached hydrogens (tertiary/aromatic N) is 2. The Labute approximate surface area is 280 Å². The number of H-pyrrole nitrogens is 1. The zero-order chi connectivity index (χ0) is 33.6. The standard InChI is InChI=1S/C37H57N5O5/c1-4-29(26(2)3)21-34(43)32(20-28-13-9-6-10-14-28)40-37(46)33(23-31-24-38-25-39-31)41-36(45)30(19-27-11-7-5-8-12-27)22-35(44)42-15-17-47-18-16-42/h5,7-8,11-12,24-26,28-30,32-34,43H,4,6,9-10,13-23H2,1-3H3,(H,38,39)(H,40,46)(H,41,45)/t29-,30+,32?,33-,34-/m0/s1. The third-order valence-electron chi connectivity index (χ3n) is 10.2. The average molecular weight is 652 g/mol. The molecule has 3 amide bonds. The molecule has 2 heterocycles. The molecule has 1 unspecified atom stereocenters. The van der Waals surface area contributed by atoms with Crippen LogP contribution >= 0.6 is 0 Å². The number of aliphatic hydroxyl groups is 1. The smallest absolute Gasteiger partial charge is 0.243 e. The second-order valence-electron chi connectivity index (χ2n) is 14.0. The Hall–Kier alpha value is -3.24. The molecule has 2 fully saturated rings. The fourth-order valence-corrected chi connectivity index (χ4v) is 7.19. The highest BCUT2D eigenvalue weighted by atomic mass is 16.5. The Morgan fingerprint density at radius 3 is 2.38 bits per heavy atom. The molecule has 4 rings (SSSR count). The second kappa shape index (κ2) is 18.9. The summed E-state index contributed by atoms with van der Waals surface area (Å²) < 4.78 is 5.42. The number of imidazole rings is 1. The molecule has 1 aromatic carbocycles. The van der Waals surface area contributed by atoms with Crippen LogP contribution in [0.3, 0.4) is 0 Å². The van der Waals surface area contributed by atoms with E-state index in [-0.39, 0.29) is 30.6 Å². The lowest BCUT2D eigenvalue weighted by atomic mass is 9.80. The SMILES string of the molecule is CC[C@@H](C[C@H](O)C(CC1CCCCC1)NC(=O)[C@H](Cc1cnc[nH]1)NC(=O)[C@@H](CC(=O)N1CCOCC1)Cc1ccccc1)C(C)C. The summed E-state index contributed by atoms with van der Waals surface area (Å²) in [5, 5.41) is 17.8. The lowest BCUT2D eigenvalue weighted by molar-refractivity contribution is -0.140. The number of aromatic amines is 1. The van der Waals surface area contributed by atoms with Gasteiger partial charge in [-0.3, -0.25) is 14.4 Å². The molecular formula is C37H57N5O5. The van der Waals surface area contributed by atoms with Gasteiger partial charge in [0.2, 0.25) is 17.7 Å². The highest BCUT2D eigenvalue weighted by molar-refractivity contribution is 5.91. The van der Waals surface area contributed by atoms with Crippen LogP contribution in [0.2, 0.25) is 0 Å². The third kappa shape index (κ3) is 11.7. The van der Waals surface area contributed by atoms with Crippen molar-refractivity contribution in [3.8, 4) is 0 Å². The van der Waals surface area contributed by atoms with Gasteiger partial charge in [-0.25, -0.2) is 4.98 Å². The number of hydrogen-bond donors (Lipinski definition) is 4. The van der Waals surface area contributed by atoms with Crippen molar-refractivity contribution in [3.05, 3.63) is 54.1 Å². The van der Waals surface area contributed by atoms with Gasteiger partial charge in [-0.1, -0.05) is 89.6 Å². The highest BCUT2D eigenvalue weighted by Crippen LogP contribution is 2.30. The Balaban J connectivity index is 1.53. The first kappa shape index (κ1) is 36.6. The van der Waals surface area contributed by atoms with E-state index >= 15 is 0 Å². The predicted molar refractivity (Wildman–Crippen MR) is 182 cm³/mol. The normalized spacial score (nSPS) is 19.0. The van der Waals surface area contributed by atoms with Gasteiger partial charge >= 0.3 is 0 Å². The van der Waals surface area contributed by atoms with Crippen LogP contribution in [0.25, 0.3) is 0 Å². The Morgan fingerprint density at radius 2 is 1.74 bits per heavy atom. The number of rotatable bonds is 17. The maximum atomic E-state index is 14.1. The van der Waals surface area contributed by atoms with Crippen LogP contribution in [-0.4, -0.2) is 82.2 Å². The van der Waals surface area contributed by atoms with Crippen molar-refractivity contribution in [1.82, 2.24) is 25.5 Å². The number of aromatic nitrogens is 2. The molecule has 10 nitrogen and oxygen atoms in total. The van der Waals surface area contributed by atoms with Crippen molar-refractivity contribution in [2.45, 2.75) is 110 Å². The third-order valence-corrected chi connectivity index (χ3v) is 10.2. The molecule has 0 radical (unpaired) electrons. The minimum atomic E-state index is -0.909. The van der Waals surface area contributed by atoms with E-state index in [1.165, 1.54) is 19.3 Å². The van der Waals surface area contributed by atoms with Gasteiger partial charge in [0.15, 0.2) is 0 Å².